The Hall–Kier alpha value is -1.46. The minimum absolute atomic E-state index is 0.116. The number of hydrogen-bond acceptors (Lipinski definition) is 2. The standard InChI is InChI=1S/C15H18O2/c16-11-4-3-6-13-7-5-10-15(12-13)17-14-8-1-2-9-14/h5,7,10,12,14,16H,1-2,4,8-9,11H2. The molecule has 0 amide bonds. The first-order valence-corrected chi connectivity index (χ1v) is 6.25. The summed E-state index contributed by atoms with van der Waals surface area (Å²) in [5.74, 6) is 6.85. The summed E-state index contributed by atoms with van der Waals surface area (Å²) < 4.78 is 5.91. The molecule has 17 heavy (non-hydrogen) atoms. The van der Waals surface area contributed by atoms with Crippen molar-refractivity contribution in [2.75, 3.05) is 6.61 Å². The minimum Gasteiger partial charge on any atom is -0.490 e. The molecule has 2 heteroatoms. The molecule has 0 heterocycles. The number of aliphatic hydroxyl groups is 1. The molecule has 0 aromatic heterocycles. The lowest BCUT2D eigenvalue weighted by Gasteiger charge is -2.12. The fourth-order valence-corrected chi connectivity index (χ4v) is 2.07. The van der Waals surface area contributed by atoms with E-state index in [0.29, 0.717) is 12.5 Å². The topological polar surface area (TPSA) is 29.5 Å². The summed E-state index contributed by atoms with van der Waals surface area (Å²) >= 11 is 0. The van der Waals surface area contributed by atoms with Crippen molar-refractivity contribution in [3.05, 3.63) is 29.8 Å². The highest BCUT2D eigenvalue weighted by atomic mass is 16.5. The maximum atomic E-state index is 8.66. The lowest BCUT2D eigenvalue weighted by molar-refractivity contribution is 0.210. The molecule has 1 fully saturated rings. The van der Waals surface area contributed by atoms with Gasteiger partial charge in [-0.25, -0.2) is 0 Å². The summed E-state index contributed by atoms with van der Waals surface area (Å²) in [7, 11) is 0. The molecule has 2 rings (SSSR count). The molecule has 1 saturated carbocycles. The molecule has 0 bridgehead atoms. The molecule has 0 aliphatic heterocycles. The molecule has 1 aromatic rings. The highest BCUT2D eigenvalue weighted by Gasteiger charge is 2.16. The van der Waals surface area contributed by atoms with Crippen LogP contribution >= 0.6 is 0 Å². The Morgan fingerprint density at radius 1 is 1.29 bits per heavy atom. The van der Waals surface area contributed by atoms with E-state index in [0.717, 1.165) is 11.3 Å². The van der Waals surface area contributed by atoms with Crippen molar-refractivity contribution in [1.29, 1.82) is 0 Å². The molecule has 0 unspecified atom stereocenters. The number of benzene rings is 1. The van der Waals surface area contributed by atoms with Gasteiger partial charge in [-0.15, -0.1) is 0 Å². The van der Waals surface area contributed by atoms with Crippen LogP contribution in [0, 0.1) is 11.8 Å². The van der Waals surface area contributed by atoms with Crippen molar-refractivity contribution in [3.8, 4) is 17.6 Å². The monoisotopic (exact) mass is 230 g/mol. The highest BCUT2D eigenvalue weighted by Crippen LogP contribution is 2.24. The van der Waals surface area contributed by atoms with Gasteiger partial charge in [-0.2, -0.15) is 0 Å². The van der Waals surface area contributed by atoms with Gasteiger partial charge in [-0.1, -0.05) is 17.9 Å². The van der Waals surface area contributed by atoms with Crippen LogP contribution in [0.4, 0.5) is 0 Å². The fourth-order valence-electron chi connectivity index (χ4n) is 2.07. The van der Waals surface area contributed by atoms with E-state index in [2.05, 4.69) is 11.8 Å². The van der Waals surface area contributed by atoms with E-state index in [9.17, 15) is 0 Å². The van der Waals surface area contributed by atoms with Crippen molar-refractivity contribution >= 4 is 0 Å². The highest BCUT2D eigenvalue weighted by molar-refractivity contribution is 5.39. The molecular formula is C15H18O2. The Morgan fingerprint density at radius 3 is 2.88 bits per heavy atom. The molecule has 1 aliphatic rings. The number of ether oxygens (including phenoxy) is 1. The summed E-state index contributed by atoms with van der Waals surface area (Å²) in [4.78, 5) is 0. The molecule has 1 N–H and O–H groups in total. The molecule has 1 aliphatic carbocycles. The minimum atomic E-state index is 0.116. The molecule has 1 aromatic carbocycles. The number of hydrogen-bond donors (Lipinski definition) is 1. The lowest BCUT2D eigenvalue weighted by atomic mass is 10.2. The number of aliphatic hydroxyl groups excluding tert-OH is 1. The van der Waals surface area contributed by atoms with Gasteiger partial charge in [0.2, 0.25) is 0 Å². The first-order valence-electron chi connectivity index (χ1n) is 6.25. The van der Waals surface area contributed by atoms with Crippen LogP contribution in [0.15, 0.2) is 24.3 Å². The summed E-state index contributed by atoms with van der Waals surface area (Å²) in [5.41, 5.74) is 0.953. The molecule has 0 radical (unpaired) electrons. The Kier molecular flexibility index (Phi) is 4.46. The van der Waals surface area contributed by atoms with Crippen LogP contribution in [-0.2, 0) is 0 Å². The third-order valence-electron chi connectivity index (χ3n) is 2.91. The van der Waals surface area contributed by atoms with E-state index in [4.69, 9.17) is 9.84 Å². The van der Waals surface area contributed by atoms with Gasteiger partial charge in [0.15, 0.2) is 0 Å². The van der Waals surface area contributed by atoms with Crippen molar-refractivity contribution in [3.63, 3.8) is 0 Å². The van der Waals surface area contributed by atoms with Crippen molar-refractivity contribution in [2.24, 2.45) is 0 Å². The van der Waals surface area contributed by atoms with E-state index in [1.807, 2.05) is 24.3 Å². The molecule has 0 atom stereocenters. The van der Waals surface area contributed by atoms with Crippen LogP contribution < -0.4 is 4.74 Å². The Morgan fingerprint density at radius 2 is 2.12 bits per heavy atom. The zero-order chi connectivity index (χ0) is 11.9. The van der Waals surface area contributed by atoms with Crippen molar-refractivity contribution in [1.82, 2.24) is 0 Å². The van der Waals surface area contributed by atoms with Gasteiger partial charge >= 0.3 is 0 Å². The van der Waals surface area contributed by atoms with Gasteiger partial charge in [-0.05, 0) is 43.9 Å². The Balaban J connectivity index is 1.98. The normalized spacial score (nSPS) is 15.4. The molecular weight excluding hydrogens is 212 g/mol. The fraction of sp³-hybridized carbons (Fsp3) is 0.467. The first-order chi connectivity index (χ1) is 8.38. The zero-order valence-corrected chi connectivity index (χ0v) is 9.98. The van der Waals surface area contributed by atoms with Crippen LogP contribution in [0.1, 0.15) is 37.7 Å². The predicted molar refractivity (Wildman–Crippen MR) is 67.9 cm³/mol. The largest absolute Gasteiger partial charge is 0.490 e. The van der Waals surface area contributed by atoms with Gasteiger partial charge in [0.25, 0.3) is 0 Å². The summed E-state index contributed by atoms with van der Waals surface area (Å²) in [6.45, 7) is 0.116. The SMILES string of the molecule is OCCC#Cc1cccc(OC2CCCC2)c1. The quantitative estimate of drug-likeness (QED) is 0.809. The average Bonchev–Trinajstić information content (AvgIpc) is 2.83. The van der Waals surface area contributed by atoms with E-state index >= 15 is 0 Å². The molecule has 2 nitrogen and oxygen atoms in total. The maximum absolute atomic E-state index is 8.66. The van der Waals surface area contributed by atoms with E-state index in [1.54, 1.807) is 0 Å². The summed E-state index contributed by atoms with van der Waals surface area (Å²) in [5, 5.41) is 8.66. The molecule has 90 valence electrons. The maximum Gasteiger partial charge on any atom is 0.120 e. The van der Waals surface area contributed by atoms with E-state index in [1.165, 1.54) is 25.7 Å². The third-order valence-corrected chi connectivity index (χ3v) is 2.91. The zero-order valence-electron chi connectivity index (χ0n) is 9.98. The lowest BCUT2D eigenvalue weighted by Crippen LogP contribution is -2.10. The smallest absolute Gasteiger partial charge is 0.120 e. The Bertz CT molecular complexity index is 408. The van der Waals surface area contributed by atoms with Gasteiger partial charge in [0, 0.05) is 12.0 Å². The van der Waals surface area contributed by atoms with Gasteiger partial charge in [0.1, 0.15) is 5.75 Å². The molecule has 0 saturated heterocycles. The number of rotatable bonds is 3. The third kappa shape index (κ3) is 3.80. The van der Waals surface area contributed by atoms with Crippen LogP contribution in [0.5, 0.6) is 5.75 Å². The predicted octanol–water partition coefficient (Wildman–Crippen LogP) is 2.74. The van der Waals surface area contributed by atoms with Crippen molar-refractivity contribution in [2.45, 2.75) is 38.2 Å². The van der Waals surface area contributed by atoms with Crippen molar-refractivity contribution < 1.29 is 9.84 Å². The summed E-state index contributed by atoms with van der Waals surface area (Å²) in [6.07, 6.45) is 5.80. The van der Waals surface area contributed by atoms with Crippen LogP contribution in [-0.4, -0.2) is 17.8 Å². The van der Waals surface area contributed by atoms with Gasteiger partial charge in [0.05, 0.1) is 12.7 Å². The van der Waals surface area contributed by atoms with Gasteiger partial charge in [-0.3, -0.25) is 0 Å². The van der Waals surface area contributed by atoms with E-state index in [-0.39, 0.29) is 6.61 Å². The average molecular weight is 230 g/mol. The van der Waals surface area contributed by atoms with E-state index < -0.39 is 0 Å². The second-order valence-electron chi connectivity index (χ2n) is 4.33. The second-order valence-corrected chi connectivity index (χ2v) is 4.33. The Labute approximate surface area is 103 Å². The van der Waals surface area contributed by atoms with Crippen LogP contribution in [0.3, 0.4) is 0 Å². The van der Waals surface area contributed by atoms with Crippen LogP contribution in [0.2, 0.25) is 0 Å². The second kappa shape index (κ2) is 6.32. The molecule has 0 spiro atoms. The van der Waals surface area contributed by atoms with Gasteiger partial charge < -0.3 is 9.84 Å². The van der Waals surface area contributed by atoms with Crippen LogP contribution in [0.25, 0.3) is 0 Å². The summed E-state index contributed by atoms with van der Waals surface area (Å²) in [6, 6.07) is 7.89. The first kappa shape index (κ1) is 12.0.